The van der Waals surface area contributed by atoms with Gasteiger partial charge in [0, 0.05) is 18.7 Å². The molecule has 2 heterocycles. The van der Waals surface area contributed by atoms with Gasteiger partial charge in [0.15, 0.2) is 0 Å². The van der Waals surface area contributed by atoms with Crippen LogP contribution in [-0.2, 0) is 13.0 Å². The van der Waals surface area contributed by atoms with Crippen LogP contribution >= 0.6 is 0 Å². The van der Waals surface area contributed by atoms with E-state index < -0.39 is 22.8 Å². The fraction of sp³-hybridized carbons (Fsp3) is 0.727. The van der Waals surface area contributed by atoms with Crippen molar-refractivity contribution in [2.45, 2.75) is 96.1 Å². The molecule has 0 radical (unpaired) electrons. The molecule has 1 aromatic heterocycles. The number of nitrogens with one attached hydrogen (secondary N) is 1. The molecule has 2 aliphatic rings. The molecule has 2 atom stereocenters. The molecule has 1 aliphatic carbocycles. The van der Waals surface area contributed by atoms with Gasteiger partial charge in [-0.15, -0.1) is 0 Å². The van der Waals surface area contributed by atoms with Gasteiger partial charge in [-0.05, 0) is 27.7 Å². The molecule has 1 fully saturated rings. The minimum absolute atomic E-state index is 0.147. The van der Waals surface area contributed by atoms with E-state index in [4.69, 9.17) is 13.0 Å². The van der Waals surface area contributed by atoms with E-state index >= 15 is 0 Å². The lowest BCUT2D eigenvalue weighted by Gasteiger charge is -2.50. The molecule has 3 rings (SSSR count). The highest BCUT2D eigenvalue weighted by Gasteiger charge is 2.58. The van der Waals surface area contributed by atoms with E-state index in [9.17, 15) is 9.59 Å². The summed E-state index contributed by atoms with van der Waals surface area (Å²) in [7, 11) is -5.25. The molecule has 174 valence electrons. The molecule has 9 heteroatoms. The molecule has 0 bridgehead atoms. The normalized spacial score (nSPS) is 25.6. The van der Waals surface area contributed by atoms with Crippen molar-refractivity contribution in [3.05, 3.63) is 44.8 Å². The van der Waals surface area contributed by atoms with E-state index in [-0.39, 0.29) is 39.9 Å². The molecule has 0 unspecified atom stereocenters. The van der Waals surface area contributed by atoms with Gasteiger partial charge in [0.2, 0.25) is 0 Å². The van der Waals surface area contributed by atoms with Gasteiger partial charge >= 0.3 is 22.8 Å². The maximum absolute atomic E-state index is 12.4. The first-order chi connectivity index (χ1) is 14.4. The Bertz CT molecular complexity index is 918. The Morgan fingerprint density at radius 1 is 0.968 bits per heavy atom. The van der Waals surface area contributed by atoms with Crippen LogP contribution in [0.4, 0.5) is 0 Å². The number of hydrogen-bond donors (Lipinski definition) is 1. The van der Waals surface area contributed by atoms with Crippen LogP contribution in [0.1, 0.15) is 67.9 Å². The summed E-state index contributed by atoms with van der Waals surface area (Å²) in [6.07, 6.45) is 4.15. The van der Waals surface area contributed by atoms with Gasteiger partial charge in [-0.25, -0.2) is 4.79 Å². The van der Waals surface area contributed by atoms with Crippen LogP contribution in [0.2, 0.25) is 22.2 Å². The van der Waals surface area contributed by atoms with Crippen LogP contribution in [0, 0.1) is 0 Å². The number of H-pyrrole nitrogens is 1. The third-order valence-corrected chi connectivity index (χ3v) is 17.1. The number of nitrogens with zero attached hydrogens (tertiary/aromatic N) is 1. The summed E-state index contributed by atoms with van der Waals surface area (Å²) >= 11 is 0. The second-order valence-electron chi connectivity index (χ2n) is 10.1. The fourth-order valence-electron chi connectivity index (χ4n) is 5.07. The Kier molecular flexibility index (Phi) is 7.03. The number of aromatic nitrogens is 2. The van der Waals surface area contributed by atoms with Crippen LogP contribution in [0.15, 0.2) is 33.5 Å². The van der Waals surface area contributed by atoms with Crippen LogP contribution in [-0.4, -0.2) is 39.4 Å². The Morgan fingerprint density at radius 3 is 2.06 bits per heavy atom. The molecule has 1 aromatic rings. The van der Waals surface area contributed by atoms with Crippen molar-refractivity contribution in [3.8, 4) is 0 Å². The first-order valence-electron chi connectivity index (χ1n) is 11.5. The Morgan fingerprint density at radius 2 is 1.55 bits per heavy atom. The topological polar surface area (TPSA) is 82.6 Å². The monoisotopic (exact) mass is 466 g/mol. The van der Waals surface area contributed by atoms with Crippen molar-refractivity contribution in [1.29, 1.82) is 0 Å². The van der Waals surface area contributed by atoms with E-state index in [1.807, 2.05) is 0 Å². The van der Waals surface area contributed by atoms with Gasteiger partial charge in [0.05, 0.1) is 18.8 Å². The lowest BCUT2D eigenvalue weighted by molar-refractivity contribution is 0.101. The van der Waals surface area contributed by atoms with E-state index in [1.165, 1.54) is 6.07 Å². The molecular weight excluding hydrogens is 428 g/mol. The third kappa shape index (κ3) is 4.35. The standard InChI is InChI=1S/C22H38N2O5Si2/c1-14(2)30(15(3)4)27-13-18-11-19(24-10-9-21(25)23-22(24)26)12-20(18)28-31(29-30,16(5)6)17(7)8/h9-11,14-17,19-20H,12-13H2,1-8H3,(H,23,25,26)/t19-,20-/m1/s1. The zero-order valence-corrected chi connectivity index (χ0v) is 22.1. The van der Waals surface area contributed by atoms with Gasteiger partial charge < -0.3 is 13.0 Å². The highest BCUT2D eigenvalue weighted by atomic mass is 28.5. The first kappa shape index (κ1) is 24.4. The Balaban J connectivity index is 2.07. The maximum atomic E-state index is 12.4. The van der Waals surface area contributed by atoms with Crippen LogP contribution in [0.3, 0.4) is 0 Å². The minimum Gasteiger partial charge on any atom is -0.414 e. The summed E-state index contributed by atoms with van der Waals surface area (Å²) < 4.78 is 22.5. The summed E-state index contributed by atoms with van der Waals surface area (Å²) in [4.78, 5) is 26.2. The number of aromatic amines is 1. The first-order valence-corrected chi connectivity index (χ1v) is 15.4. The van der Waals surface area contributed by atoms with E-state index in [0.717, 1.165) is 5.57 Å². The van der Waals surface area contributed by atoms with E-state index in [1.54, 1.807) is 10.8 Å². The molecule has 1 aliphatic heterocycles. The molecule has 0 aromatic carbocycles. The average Bonchev–Trinajstić information content (AvgIpc) is 3.02. The maximum Gasteiger partial charge on any atom is 0.335 e. The van der Waals surface area contributed by atoms with Gasteiger partial charge in [-0.3, -0.25) is 14.3 Å². The lowest BCUT2D eigenvalue weighted by Crippen LogP contribution is -2.63. The van der Waals surface area contributed by atoms with Gasteiger partial charge in [0.25, 0.3) is 5.56 Å². The van der Waals surface area contributed by atoms with Gasteiger partial charge in [-0.2, -0.15) is 0 Å². The quantitative estimate of drug-likeness (QED) is 0.515. The fourth-order valence-corrected chi connectivity index (χ4v) is 16.2. The molecule has 0 spiro atoms. The number of hydrogen-bond acceptors (Lipinski definition) is 5. The van der Waals surface area contributed by atoms with Crippen molar-refractivity contribution in [2.24, 2.45) is 0 Å². The Labute approximate surface area is 187 Å². The SMILES string of the molecule is CC(C)[Si]1(C(C)C)OCC2=C[C@@H](n3ccc(=O)[nH]c3=O)C[C@H]2O[Si](C(C)C)(C(C)C)O1. The molecule has 1 saturated heterocycles. The average molecular weight is 467 g/mol. The molecule has 0 amide bonds. The second kappa shape index (κ2) is 8.94. The zero-order valence-electron chi connectivity index (χ0n) is 20.1. The molecule has 0 saturated carbocycles. The lowest BCUT2D eigenvalue weighted by atomic mass is 10.2. The van der Waals surface area contributed by atoms with Crippen molar-refractivity contribution in [3.63, 3.8) is 0 Å². The summed E-state index contributed by atoms with van der Waals surface area (Å²) in [5.74, 6) is 0. The van der Waals surface area contributed by atoms with E-state index in [2.05, 4.69) is 66.4 Å². The van der Waals surface area contributed by atoms with E-state index in [0.29, 0.717) is 13.0 Å². The third-order valence-electron chi connectivity index (χ3n) is 6.81. The molecule has 7 nitrogen and oxygen atoms in total. The van der Waals surface area contributed by atoms with Crippen LogP contribution in [0.25, 0.3) is 0 Å². The van der Waals surface area contributed by atoms with Crippen molar-refractivity contribution < 1.29 is 13.0 Å². The van der Waals surface area contributed by atoms with Crippen molar-refractivity contribution in [1.82, 2.24) is 9.55 Å². The Hall–Kier alpha value is -1.27. The van der Waals surface area contributed by atoms with Gasteiger partial charge in [0.1, 0.15) is 0 Å². The highest BCUT2D eigenvalue weighted by molar-refractivity contribution is 6.84. The summed E-state index contributed by atoms with van der Waals surface area (Å²) in [5.41, 5.74) is 1.40. The predicted molar refractivity (Wildman–Crippen MR) is 127 cm³/mol. The molecule has 1 N–H and O–H groups in total. The highest BCUT2D eigenvalue weighted by Crippen LogP contribution is 2.48. The summed E-state index contributed by atoms with van der Waals surface area (Å²) in [6, 6.07) is 1.21. The van der Waals surface area contributed by atoms with Crippen LogP contribution in [0.5, 0.6) is 0 Å². The summed E-state index contributed by atoms with van der Waals surface area (Å²) in [6.45, 7) is 18.1. The zero-order chi connectivity index (χ0) is 23.1. The van der Waals surface area contributed by atoms with Crippen molar-refractivity contribution >= 4 is 17.1 Å². The predicted octanol–water partition coefficient (Wildman–Crippen LogP) is 4.36. The van der Waals surface area contributed by atoms with Gasteiger partial charge in [-0.1, -0.05) is 61.5 Å². The number of fused-ring (bicyclic) bond motifs is 1. The molecule has 31 heavy (non-hydrogen) atoms. The minimum atomic E-state index is -2.67. The number of rotatable bonds is 5. The second-order valence-corrected chi connectivity index (χ2v) is 19.0. The smallest absolute Gasteiger partial charge is 0.335 e. The van der Waals surface area contributed by atoms with Crippen LogP contribution < -0.4 is 11.2 Å². The molecular formula is C22H38N2O5Si2. The largest absolute Gasteiger partial charge is 0.414 e. The number of allylic oxidation sites excluding steroid dienone is 1. The summed E-state index contributed by atoms with van der Waals surface area (Å²) in [5, 5.41) is 0. The van der Waals surface area contributed by atoms with Crippen molar-refractivity contribution in [2.75, 3.05) is 6.61 Å².